The van der Waals surface area contributed by atoms with Crippen molar-refractivity contribution in [2.24, 2.45) is 0 Å². The van der Waals surface area contributed by atoms with Crippen molar-refractivity contribution in [2.75, 3.05) is 46.3 Å². The van der Waals surface area contributed by atoms with Crippen molar-refractivity contribution in [3.8, 4) is 28.7 Å². The Bertz CT molecular complexity index is 1440. The molecule has 0 aliphatic carbocycles. The van der Waals surface area contributed by atoms with E-state index in [0.717, 1.165) is 24.9 Å². The predicted molar refractivity (Wildman–Crippen MR) is 142 cm³/mol. The van der Waals surface area contributed by atoms with E-state index >= 15 is 0 Å². The highest BCUT2D eigenvalue weighted by molar-refractivity contribution is 6.04. The quantitative estimate of drug-likeness (QED) is 0.349. The number of amides is 1. The maximum Gasteiger partial charge on any atom is 0.281 e. The van der Waals surface area contributed by atoms with E-state index in [1.165, 1.54) is 0 Å². The minimum atomic E-state index is -0.388. The van der Waals surface area contributed by atoms with Crippen LogP contribution < -0.4 is 24.3 Å². The van der Waals surface area contributed by atoms with Gasteiger partial charge in [-0.1, -0.05) is 0 Å². The molecule has 38 heavy (non-hydrogen) atoms. The lowest BCUT2D eigenvalue weighted by Crippen LogP contribution is -2.18. The van der Waals surface area contributed by atoms with Gasteiger partial charge in [-0.3, -0.25) is 14.5 Å². The molecule has 4 heterocycles. The number of methoxy groups -OCH3 is 2. The molecule has 1 aliphatic heterocycles. The zero-order valence-electron chi connectivity index (χ0n) is 21.8. The van der Waals surface area contributed by atoms with Crippen molar-refractivity contribution in [1.82, 2.24) is 24.6 Å². The Morgan fingerprint density at radius 3 is 2.58 bits per heavy atom. The smallest absolute Gasteiger partial charge is 0.281 e. The lowest BCUT2D eigenvalue weighted by molar-refractivity contribution is 0.101. The van der Waals surface area contributed by atoms with Crippen molar-refractivity contribution in [3.05, 3.63) is 54.6 Å². The standard InChI is InChI=1S/C27H30N6O5/c1-5-37-24-16-33(17-9-11-32(2)15-17)31-26(24)27(34)30-25-7-6-18(14-29-25)38-21-8-10-28-20-13-23(36-4)22(35-3)12-19(20)21/h6-8,10,12-14,16-17H,5,9,11,15H2,1-4H3,(H,29,30,34). The number of aromatic nitrogens is 4. The SMILES string of the molecule is CCOc1cn(C2CCN(C)C2)nc1C(=O)Nc1ccc(Oc2ccnc3cc(OC)c(OC)cc23)cn1. The van der Waals surface area contributed by atoms with Crippen LogP contribution in [0.3, 0.4) is 0 Å². The van der Waals surface area contributed by atoms with Crippen LogP contribution in [0.2, 0.25) is 0 Å². The number of hydrogen-bond donors (Lipinski definition) is 1. The number of anilines is 1. The van der Waals surface area contributed by atoms with Gasteiger partial charge in [-0.05, 0) is 51.2 Å². The topological polar surface area (TPSA) is 113 Å². The first-order valence-corrected chi connectivity index (χ1v) is 12.4. The summed E-state index contributed by atoms with van der Waals surface area (Å²) < 4.78 is 24.4. The monoisotopic (exact) mass is 518 g/mol. The number of fused-ring (bicyclic) bond motifs is 1. The van der Waals surface area contributed by atoms with Gasteiger partial charge in [0.05, 0.1) is 44.8 Å². The zero-order chi connectivity index (χ0) is 26.6. The van der Waals surface area contributed by atoms with Gasteiger partial charge in [-0.25, -0.2) is 4.98 Å². The third-order valence-corrected chi connectivity index (χ3v) is 6.37. The average Bonchev–Trinajstić information content (AvgIpc) is 3.55. The number of nitrogens with zero attached hydrogens (tertiary/aromatic N) is 5. The van der Waals surface area contributed by atoms with Crippen molar-refractivity contribution < 1.29 is 23.7 Å². The fourth-order valence-electron chi connectivity index (χ4n) is 4.46. The van der Waals surface area contributed by atoms with Gasteiger partial charge in [-0.15, -0.1) is 0 Å². The van der Waals surface area contributed by atoms with Gasteiger partial charge in [0, 0.05) is 24.2 Å². The van der Waals surface area contributed by atoms with Gasteiger partial charge in [0.25, 0.3) is 5.91 Å². The Morgan fingerprint density at radius 2 is 1.89 bits per heavy atom. The highest BCUT2D eigenvalue weighted by Gasteiger charge is 2.26. The number of carbonyl (C=O) groups excluding carboxylic acids is 1. The van der Waals surface area contributed by atoms with Crippen molar-refractivity contribution in [2.45, 2.75) is 19.4 Å². The summed E-state index contributed by atoms with van der Waals surface area (Å²) in [6, 6.07) is 8.98. The second-order valence-electron chi connectivity index (χ2n) is 8.93. The first-order chi connectivity index (χ1) is 18.5. The third kappa shape index (κ3) is 5.18. The molecule has 11 nitrogen and oxygen atoms in total. The maximum absolute atomic E-state index is 13.1. The van der Waals surface area contributed by atoms with E-state index in [1.807, 2.05) is 17.7 Å². The first kappa shape index (κ1) is 25.3. The van der Waals surface area contributed by atoms with Crippen LogP contribution in [0.15, 0.2) is 48.9 Å². The third-order valence-electron chi connectivity index (χ3n) is 6.37. The van der Waals surface area contributed by atoms with Gasteiger partial charge in [0.2, 0.25) is 0 Å². The van der Waals surface area contributed by atoms with E-state index in [1.54, 1.807) is 57.1 Å². The number of pyridine rings is 2. The molecule has 5 rings (SSSR count). The minimum Gasteiger partial charge on any atom is -0.493 e. The van der Waals surface area contributed by atoms with Gasteiger partial charge in [-0.2, -0.15) is 5.10 Å². The molecule has 1 atom stereocenters. The second kappa shape index (κ2) is 10.9. The summed E-state index contributed by atoms with van der Waals surface area (Å²) in [4.78, 5) is 24.0. The Hall–Kier alpha value is -4.38. The molecule has 1 aromatic carbocycles. The molecule has 1 amide bonds. The number of nitrogens with one attached hydrogen (secondary N) is 1. The first-order valence-electron chi connectivity index (χ1n) is 12.4. The number of likely N-dealkylation sites (tertiary alicyclic amines) is 1. The van der Waals surface area contributed by atoms with E-state index in [9.17, 15) is 4.79 Å². The van der Waals surface area contributed by atoms with Gasteiger partial charge >= 0.3 is 0 Å². The summed E-state index contributed by atoms with van der Waals surface area (Å²) in [5.41, 5.74) is 0.932. The van der Waals surface area contributed by atoms with E-state index in [-0.39, 0.29) is 17.6 Å². The van der Waals surface area contributed by atoms with Crippen LogP contribution >= 0.6 is 0 Å². The lowest BCUT2D eigenvalue weighted by atomic mass is 10.2. The Labute approximate surface area is 220 Å². The fraction of sp³-hybridized carbons (Fsp3) is 0.333. The van der Waals surface area contributed by atoms with Crippen molar-refractivity contribution >= 4 is 22.6 Å². The normalized spacial score (nSPS) is 15.4. The molecule has 198 valence electrons. The number of hydrogen-bond acceptors (Lipinski definition) is 9. The predicted octanol–water partition coefficient (Wildman–Crippen LogP) is 4.16. The summed E-state index contributed by atoms with van der Waals surface area (Å²) in [5.74, 6) is 2.67. The molecule has 4 aromatic rings. The highest BCUT2D eigenvalue weighted by atomic mass is 16.5. The molecule has 11 heteroatoms. The molecule has 3 aromatic heterocycles. The summed E-state index contributed by atoms with van der Waals surface area (Å²) in [6.07, 6.45) is 5.97. The molecule has 0 spiro atoms. The summed E-state index contributed by atoms with van der Waals surface area (Å²) in [6.45, 7) is 4.18. The Kier molecular flexibility index (Phi) is 7.27. The molecule has 1 unspecified atom stereocenters. The van der Waals surface area contributed by atoms with Crippen LogP contribution in [0.4, 0.5) is 5.82 Å². The van der Waals surface area contributed by atoms with E-state index in [0.29, 0.717) is 46.7 Å². The molecule has 1 aliphatic rings. The fourth-order valence-corrected chi connectivity index (χ4v) is 4.46. The Balaban J connectivity index is 1.32. The second-order valence-corrected chi connectivity index (χ2v) is 8.93. The van der Waals surface area contributed by atoms with Gasteiger partial charge in [0.1, 0.15) is 17.3 Å². The molecule has 0 saturated carbocycles. The van der Waals surface area contributed by atoms with Gasteiger partial charge < -0.3 is 29.2 Å². The number of ether oxygens (including phenoxy) is 4. The van der Waals surface area contributed by atoms with E-state index in [4.69, 9.17) is 18.9 Å². The van der Waals surface area contributed by atoms with Crippen LogP contribution in [0, 0.1) is 0 Å². The number of carbonyl (C=O) groups is 1. The molecular formula is C27H30N6O5. The van der Waals surface area contributed by atoms with Crippen molar-refractivity contribution in [3.63, 3.8) is 0 Å². The molecular weight excluding hydrogens is 488 g/mol. The number of likely N-dealkylation sites (N-methyl/N-ethyl adjacent to an activating group) is 1. The molecule has 0 bridgehead atoms. The van der Waals surface area contributed by atoms with E-state index < -0.39 is 0 Å². The van der Waals surface area contributed by atoms with Crippen LogP contribution in [0.25, 0.3) is 10.9 Å². The molecule has 1 fully saturated rings. The van der Waals surface area contributed by atoms with Crippen LogP contribution in [-0.4, -0.2) is 71.5 Å². The maximum atomic E-state index is 13.1. The largest absolute Gasteiger partial charge is 0.493 e. The summed E-state index contributed by atoms with van der Waals surface area (Å²) in [5, 5.41) is 8.11. The van der Waals surface area contributed by atoms with Crippen LogP contribution in [-0.2, 0) is 0 Å². The van der Waals surface area contributed by atoms with Crippen LogP contribution in [0.5, 0.6) is 28.7 Å². The summed E-state index contributed by atoms with van der Waals surface area (Å²) in [7, 11) is 5.23. The molecule has 1 N–H and O–H groups in total. The number of rotatable bonds is 9. The van der Waals surface area contributed by atoms with Gasteiger partial charge in [0.15, 0.2) is 22.9 Å². The molecule has 0 radical (unpaired) electrons. The minimum absolute atomic E-state index is 0.209. The van der Waals surface area contributed by atoms with Crippen molar-refractivity contribution in [1.29, 1.82) is 0 Å². The Morgan fingerprint density at radius 1 is 1.08 bits per heavy atom. The van der Waals surface area contributed by atoms with Crippen LogP contribution in [0.1, 0.15) is 29.9 Å². The molecule has 1 saturated heterocycles. The summed E-state index contributed by atoms with van der Waals surface area (Å²) >= 11 is 0. The highest BCUT2D eigenvalue weighted by Crippen LogP contribution is 2.37. The van der Waals surface area contributed by atoms with E-state index in [2.05, 4.69) is 32.3 Å². The zero-order valence-corrected chi connectivity index (χ0v) is 21.8. The number of benzene rings is 1. The lowest BCUT2D eigenvalue weighted by Gasteiger charge is -2.12. The average molecular weight is 519 g/mol.